The second-order valence-corrected chi connectivity index (χ2v) is 5.15. The third-order valence-electron chi connectivity index (χ3n) is 3.24. The van der Waals surface area contributed by atoms with Crippen molar-refractivity contribution in [1.29, 1.82) is 0 Å². The second-order valence-electron chi connectivity index (χ2n) is 4.74. The largest absolute Gasteiger partial charge is 0.487 e. The molecule has 0 saturated carbocycles. The molecular weight excluding hydrogens is 286 g/mol. The lowest BCUT2D eigenvalue weighted by atomic mass is 10.1. The van der Waals surface area contributed by atoms with Gasteiger partial charge in [0, 0.05) is 11.6 Å². The van der Waals surface area contributed by atoms with E-state index < -0.39 is 0 Å². The van der Waals surface area contributed by atoms with Gasteiger partial charge in [0.25, 0.3) is 0 Å². The van der Waals surface area contributed by atoms with Gasteiger partial charge < -0.3 is 9.84 Å². The van der Waals surface area contributed by atoms with Crippen molar-refractivity contribution in [2.75, 3.05) is 0 Å². The van der Waals surface area contributed by atoms with E-state index in [0.717, 1.165) is 22.0 Å². The zero-order chi connectivity index (χ0) is 14.7. The summed E-state index contributed by atoms with van der Waals surface area (Å²) in [6.45, 7) is 0.403. The van der Waals surface area contributed by atoms with Crippen LogP contribution in [-0.4, -0.2) is 10.1 Å². The van der Waals surface area contributed by atoms with Crippen LogP contribution in [0.5, 0.6) is 5.75 Å². The molecule has 0 aliphatic heterocycles. The van der Waals surface area contributed by atoms with Crippen molar-refractivity contribution in [2.45, 2.75) is 13.2 Å². The zero-order valence-electron chi connectivity index (χ0n) is 11.3. The lowest BCUT2D eigenvalue weighted by Crippen LogP contribution is -1.97. The fourth-order valence-electron chi connectivity index (χ4n) is 2.14. The Bertz CT molecular complexity index is 774. The summed E-state index contributed by atoms with van der Waals surface area (Å²) in [5.41, 5.74) is 2.79. The third-order valence-corrected chi connectivity index (χ3v) is 3.54. The first-order chi connectivity index (χ1) is 10.3. The van der Waals surface area contributed by atoms with Gasteiger partial charge in [-0.3, -0.25) is 4.98 Å². The van der Waals surface area contributed by atoms with E-state index in [1.807, 2.05) is 24.3 Å². The summed E-state index contributed by atoms with van der Waals surface area (Å²) in [6.07, 6.45) is 1.78. The van der Waals surface area contributed by atoms with E-state index in [4.69, 9.17) is 21.4 Å². The quantitative estimate of drug-likeness (QED) is 0.793. The van der Waals surface area contributed by atoms with Crippen LogP contribution in [0.4, 0.5) is 0 Å². The van der Waals surface area contributed by atoms with E-state index in [-0.39, 0.29) is 6.61 Å². The number of aliphatic hydroxyl groups excluding tert-OH is 1. The van der Waals surface area contributed by atoms with E-state index in [1.165, 1.54) is 0 Å². The molecule has 3 nitrogen and oxygen atoms in total. The summed E-state index contributed by atoms with van der Waals surface area (Å²) >= 11 is 6.12. The van der Waals surface area contributed by atoms with Crippen LogP contribution in [0.2, 0.25) is 5.02 Å². The standard InChI is InChI=1S/C17H14ClNO2/c18-15-9-12(10-20)4-6-17(15)21-11-13-3-5-16-14(8-13)2-1-7-19-16/h1-9,20H,10-11H2. The van der Waals surface area contributed by atoms with Gasteiger partial charge in [0.1, 0.15) is 12.4 Å². The molecule has 1 N–H and O–H groups in total. The van der Waals surface area contributed by atoms with Gasteiger partial charge in [0.05, 0.1) is 17.1 Å². The lowest BCUT2D eigenvalue weighted by molar-refractivity contribution is 0.281. The number of hydrogen-bond donors (Lipinski definition) is 1. The van der Waals surface area contributed by atoms with E-state index in [9.17, 15) is 0 Å². The Morgan fingerprint density at radius 3 is 2.71 bits per heavy atom. The Morgan fingerprint density at radius 1 is 1.05 bits per heavy atom. The normalized spacial score (nSPS) is 10.8. The maximum atomic E-state index is 9.06. The molecule has 106 valence electrons. The van der Waals surface area contributed by atoms with Gasteiger partial charge in [-0.2, -0.15) is 0 Å². The van der Waals surface area contributed by atoms with E-state index in [1.54, 1.807) is 24.4 Å². The van der Waals surface area contributed by atoms with Crippen LogP contribution < -0.4 is 4.74 Å². The summed E-state index contributed by atoms with van der Waals surface area (Å²) < 4.78 is 5.74. The SMILES string of the molecule is OCc1ccc(OCc2ccc3ncccc3c2)c(Cl)c1. The molecule has 1 heterocycles. The molecule has 0 fully saturated rings. The number of benzene rings is 2. The first kappa shape index (κ1) is 13.9. The Labute approximate surface area is 127 Å². The zero-order valence-corrected chi connectivity index (χ0v) is 12.0. The minimum atomic E-state index is -0.0301. The van der Waals surface area contributed by atoms with Crippen LogP contribution >= 0.6 is 11.6 Å². The van der Waals surface area contributed by atoms with Crippen molar-refractivity contribution < 1.29 is 9.84 Å². The van der Waals surface area contributed by atoms with Crippen LogP contribution in [0.3, 0.4) is 0 Å². The highest BCUT2D eigenvalue weighted by molar-refractivity contribution is 6.32. The smallest absolute Gasteiger partial charge is 0.138 e. The van der Waals surface area contributed by atoms with Gasteiger partial charge in [0.2, 0.25) is 0 Å². The highest BCUT2D eigenvalue weighted by atomic mass is 35.5. The summed E-state index contributed by atoms with van der Waals surface area (Å²) in [6, 6.07) is 15.2. The van der Waals surface area contributed by atoms with Gasteiger partial charge in [0.15, 0.2) is 0 Å². The Hall–Kier alpha value is -2.10. The van der Waals surface area contributed by atoms with Crippen molar-refractivity contribution in [3.63, 3.8) is 0 Å². The average molecular weight is 300 g/mol. The average Bonchev–Trinajstić information content (AvgIpc) is 2.53. The molecule has 0 bridgehead atoms. The topological polar surface area (TPSA) is 42.4 Å². The Morgan fingerprint density at radius 2 is 1.90 bits per heavy atom. The first-order valence-electron chi connectivity index (χ1n) is 6.62. The van der Waals surface area contributed by atoms with Gasteiger partial charge in [-0.15, -0.1) is 0 Å². The summed E-state index contributed by atoms with van der Waals surface area (Å²) in [5.74, 6) is 0.611. The molecule has 4 heteroatoms. The predicted octanol–water partition coefficient (Wildman–Crippen LogP) is 3.96. The van der Waals surface area contributed by atoms with Crippen molar-refractivity contribution in [1.82, 2.24) is 4.98 Å². The Kier molecular flexibility index (Phi) is 4.04. The fourth-order valence-corrected chi connectivity index (χ4v) is 2.39. The number of pyridine rings is 1. The molecule has 0 spiro atoms. The summed E-state index contributed by atoms with van der Waals surface area (Å²) in [5, 5.41) is 10.6. The maximum Gasteiger partial charge on any atom is 0.138 e. The molecule has 0 unspecified atom stereocenters. The van der Waals surface area contributed by atoms with Crippen LogP contribution in [0.25, 0.3) is 10.9 Å². The van der Waals surface area contributed by atoms with Crippen LogP contribution in [-0.2, 0) is 13.2 Å². The molecule has 3 rings (SSSR count). The number of nitrogens with zero attached hydrogens (tertiary/aromatic N) is 1. The molecule has 0 amide bonds. The highest BCUT2D eigenvalue weighted by Crippen LogP contribution is 2.26. The lowest BCUT2D eigenvalue weighted by Gasteiger charge is -2.09. The predicted molar refractivity (Wildman–Crippen MR) is 83.4 cm³/mol. The molecule has 0 saturated heterocycles. The molecule has 0 aliphatic carbocycles. The molecule has 2 aromatic carbocycles. The molecule has 0 radical (unpaired) electrons. The number of hydrogen-bond acceptors (Lipinski definition) is 3. The van der Waals surface area contributed by atoms with Crippen LogP contribution in [0.15, 0.2) is 54.7 Å². The summed E-state index contributed by atoms with van der Waals surface area (Å²) in [4.78, 5) is 4.29. The minimum Gasteiger partial charge on any atom is -0.487 e. The fraction of sp³-hybridized carbons (Fsp3) is 0.118. The number of aromatic nitrogens is 1. The molecule has 21 heavy (non-hydrogen) atoms. The van der Waals surface area contributed by atoms with E-state index in [2.05, 4.69) is 11.1 Å². The number of fused-ring (bicyclic) bond motifs is 1. The monoisotopic (exact) mass is 299 g/mol. The van der Waals surface area contributed by atoms with E-state index >= 15 is 0 Å². The number of halogens is 1. The number of rotatable bonds is 4. The number of aliphatic hydroxyl groups is 1. The van der Waals surface area contributed by atoms with Gasteiger partial charge in [-0.05, 0) is 41.5 Å². The van der Waals surface area contributed by atoms with Crippen LogP contribution in [0, 0.1) is 0 Å². The van der Waals surface area contributed by atoms with Gasteiger partial charge in [-0.25, -0.2) is 0 Å². The molecule has 0 aliphatic rings. The van der Waals surface area contributed by atoms with Crippen LogP contribution in [0.1, 0.15) is 11.1 Å². The van der Waals surface area contributed by atoms with Crippen molar-refractivity contribution in [3.8, 4) is 5.75 Å². The Balaban J connectivity index is 1.77. The van der Waals surface area contributed by atoms with Gasteiger partial charge in [-0.1, -0.05) is 29.8 Å². The van der Waals surface area contributed by atoms with E-state index in [0.29, 0.717) is 17.4 Å². The van der Waals surface area contributed by atoms with Crippen molar-refractivity contribution >= 4 is 22.5 Å². The maximum absolute atomic E-state index is 9.06. The molecule has 1 aromatic heterocycles. The number of ether oxygens (including phenoxy) is 1. The first-order valence-corrected chi connectivity index (χ1v) is 7.00. The molecule has 3 aromatic rings. The molecular formula is C17H14ClNO2. The molecule has 0 atom stereocenters. The van der Waals surface area contributed by atoms with Crippen molar-refractivity contribution in [3.05, 3.63) is 70.9 Å². The summed E-state index contributed by atoms with van der Waals surface area (Å²) in [7, 11) is 0. The highest BCUT2D eigenvalue weighted by Gasteiger charge is 2.04. The minimum absolute atomic E-state index is 0.0301. The second kappa shape index (κ2) is 6.12. The third kappa shape index (κ3) is 3.15. The van der Waals surface area contributed by atoms with Gasteiger partial charge >= 0.3 is 0 Å². The van der Waals surface area contributed by atoms with Crippen molar-refractivity contribution in [2.24, 2.45) is 0 Å².